The molecule has 0 spiro atoms. The summed E-state index contributed by atoms with van der Waals surface area (Å²) in [5.41, 5.74) is 1.41. The van der Waals surface area contributed by atoms with Gasteiger partial charge < -0.3 is 10.1 Å². The minimum atomic E-state index is -3.85. The lowest BCUT2D eigenvalue weighted by Gasteiger charge is -2.35. The molecule has 0 bridgehead atoms. The maximum atomic E-state index is 13.4. The Morgan fingerprint density at radius 3 is 2.29 bits per heavy atom. The minimum Gasteiger partial charge on any atom is -0.476 e. The van der Waals surface area contributed by atoms with E-state index >= 15 is 0 Å². The van der Waals surface area contributed by atoms with Crippen LogP contribution < -0.4 is 14.4 Å². The highest BCUT2D eigenvalue weighted by molar-refractivity contribution is 7.92. The number of fused-ring (bicyclic) bond motifs is 1. The lowest BCUT2D eigenvalue weighted by Crippen LogP contribution is -2.51. The Labute approximate surface area is 182 Å². The SMILES string of the molecule is CC[C@@H](NC(=O)[C@H]1CN(S(=O)(=O)c2ccccc2)c2ccccc2O1)c1ccccc1. The average Bonchev–Trinajstić information content (AvgIpc) is 2.82. The van der Waals surface area contributed by atoms with Crippen LogP contribution in [-0.2, 0) is 14.8 Å². The Balaban J connectivity index is 1.63. The first-order valence-corrected chi connectivity index (χ1v) is 11.6. The average molecular weight is 437 g/mol. The van der Waals surface area contributed by atoms with Gasteiger partial charge in [0.15, 0.2) is 6.10 Å². The quantitative estimate of drug-likeness (QED) is 0.636. The second-order valence-electron chi connectivity index (χ2n) is 7.30. The highest BCUT2D eigenvalue weighted by Gasteiger charge is 2.37. The van der Waals surface area contributed by atoms with Gasteiger partial charge in [0.05, 0.1) is 23.2 Å². The number of para-hydroxylation sites is 2. The van der Waals surface area contributed by atoms with Crippen LogP contribution in [0.2, 0.25) is 0 Å². The molecule has 1 aliphatic rings. The summed E-state index contributed by atoms with van der Waals surface area (Å²) >= 11 is 0. The minimum absolute atomic E-state index is 0.106. The van der Waals surface area contributed by atoms with Gasteiger partial charge in [-0.3, -0.25) is 9.10 Å². The van der Waals surface area contributed by atoms with E-state index in [4.69, 9.17) is 4.74 Å². The maximum absolute atomic E-state index is 13.4. The Morgan fingerprint density at radius 2 is 1.61 bits per heavy atom. The van der Waals surface area contributed by atoms with E-state index in [0.29, 0.717) is 17.9 Å². The summed E-state index contributed by atoms with van der Waals surface area (Å²) < 4.78 is 33.9. The van der Waals surface area contributed by atoms with Gasteiger partial charge in [-0.25, -0.2) is 8.42 Å². The van der Waals surface area contributed by atoms with Crippen LogP contribution in [0.1, 0.15) is 24.9 Å². The second kappa shape index (κ2) is 8.81. The molecule has 160 valence electrons. The van der Waals surface area contributed by atoms with Crippen LogP contribution in [0.3, 0.4) is 0 Å². The molecule has 1 aliphatic heterocycles. The summed E-state index contributed by atoms with van der Waals surface area (Å²) in [6.45, 7) is 1.88. The molecule has 1 amide bonds. The number of benzene rings is 3. The van der Waals surface area contributed by atoms with Crippen LogP contribution in [-0.4, -0.2) is 27.0 Å². The van der Waals surface area contributed by atoms with Gasteiger partial charge in [0.1, 0.15) is 5.75 Å². The molecule has 2 atom stereocenters. The Morgan fingerprint density at radius 1 is 1.00 bits per heavy atom. The topological polar surface area (TPSA) is 75.7 Å². The first kappa shape index (κ1) is 20.9. The van der Waals surface area contributed by atoms with Crippen molar-refractivity contribution < 1.29 is 17.9 Å². The number of amides is 1. The number of hydrogen-bond acceptors (Lipinski definition) is 4. The number of ether oxygens (including phenoxy) is 1. The number of nitrogens with one attached hydrogen (secondary N) is 1. The predicted octanol–water partition coefficient (Wildman–Crippen LogP) is 3.91. The van der Waals surface area contributed by atoms with Gasteiger partial charge in [-0.15, -0.1) is 0 Å². The van der Waals surface area contributed by atoms with Crippen molar-refractivity contribution in [2.24, 2.45) is 0 Å². The normalized spacial score (nSPS) is 16.7. The van der Waals surface area contributed by atoms with Crippen molar-refractivity contribution in [1.82, 2.24) is 5.32 Å². The molecule has 0 fully saturated rings. The first-order chi connectivity index (χ1) is 15.0. The molecule has 7 heteroatoms. The lowest BCUT2D eigenvalue weighted by molar-refractivity contribution is -0.128. The zero-order chi connectivity index (χ0) is 21.8. The van der Waals surface area contributed by atoms with Crippen LogP contribution >= 0.6 is 0 Å². The molecule has 0 aliphatic carbocycles. The monoisotopic (exact) mass is 436 g/mol. The van der Waals surface area contributed by atoms with Crippen LogP contribution in [0.15, 0.2) is 89.8 Å². The molecule has 3 aromatic rings. The molecule has 0 aromatic heterocycles. The van der Waals surface area contributed by atoms with E-state index < -0.39 is 16.1 Å². The Bertz CT molecular complexity index is 1150. The molecular formula is C24H24N2O4S. The standard InChI is InChI=1S/C24H24N2O4S/c1-2-20(18-11-5-3-6-12-18)25-24(27)23-17-26(21-15-9-10-16-22(21)30-23)31(28,29)19-13-7-4-8-14-19/h3-16,20,23H,2,17H2,1H3,(H,25,27)/t20-,23-/m1/s1. The summed E-state index contributed by atoms with van der Waals surface area (Å²) in [6, 6.07) is 24.6. The highest BCUT2D eigenvalue weighted by Crippen LogP contribution is 2.36. The highest BCUT2D eigenvalue weighted by atomic mass is 32.2. The zero-order valence-corrected chi connectivity index (χ0v) is 18.0. The molecule has 0 saturated heterocycles. The van der Waals surface area contributed by atoms with Crippen LogP contribution in [0, 0.1) is 0 Å². The van der Waals surface area contributed by atoms with E-state index in [2.05, 4.69) is 5.32 Å². The summed E-state index contributed by atoms with van der Waals surface area (Å²) in [7, 11) is -3.85. The van der Waals surface area contributed by atoms with Crippen molar-refractivity contribution in [2.45, 2.75) is 30.4 Å². The van der Waals surface area contributed by atoms with E-state index in [1.54, 1.807) is 54.6 Å². The van der Waals surface area contributed by atoms with E-state index in [-0.39, 0.29) is 23.4 Å². The molecular weight excluding hydrogens is 412 g/mol. The van der Waals surface area contributed by atoms with Crippen molar-refractivity contribution in [3.63, 3.8) is 0 Å². The van der Waals surface area contributed by atoms with E-state index in [0.717, 1.165) is 5.56 Å². The summed E-state index contributed by atoms with van der Waals surface area (Å²) in [5, 5.41) is 3.01. The van der Waals surface area contributed by atoms with E-state index in [1.807, 2.05) is 37.3 Å². The number of nitrogens with zero attached hydrogens (tertiary/aromatic N) is 1. The number of carbonyl (C=O) groups is 1. The molecule has 31 heavy (non-hydrogen) atoms. The van der Waals surface area contributed by atoms with Crippen molar-refractivity contribution in [1.29, 1.82) is 0 Å². The lowest BCUT2D eigenvalue weighted by atomic mass is 10.0. The largest absolute Gasteiger partial charge is 0.476 e. The van der Waals surface area contributed by atoms with Gasteiger partial charge in [0, 0.05) is 0 Å². The number of carbonyl (C=O) groups excluding carboxylic acids is 1. The van der Waals surface area contributed by atoms with Crippen molar-refractivity contribution in [2.75, 3.05) is 10.8 Å². The van der Waals surface area contributed by atoms with Crippen LogP contribution in [0.25, 0.3) is 0 Å². The molecule has 1 N–H and O–H groups in total. The predicted molar refractivity (Wildman–Crippen MR) is 119 cm³/mol. The smallest absolute Gasteiger partial charge is 0.264 e. The Hall–Kier alpha value is -3.32. The molecule has 0 unspecified atom stereocenters. The molecule has 0 saturated carbocycles. The van der Waals surface area contributed by atoms with Gasteiger partial charge in [-0.05, 0) is 36.2 Å². The van der Waals surface area contributed by atoms with Gasteiger partial charge in [0.25, 0.3) is 15.9 Å². The number of rotatable bonds is 6. The van der Waals surface area contributed by atoms with Gasteiger partial charge >= 0.3 is 0 Å². The fraction of sp³-hybridized carbons (Fsp3) is 0.208. The summed E-state index contributed by atoms with van der Waals surface area (Å²) in [4.78, 5) is 13.3. The molecule has 0 radical (unpaired) electrons. The fourth-order valence-corrected chi connectivity index (χ4v) is 5.15. The summed E-state index contributed by atoms with van der Waals surface area (Å²) in [5.74, 6) is 0.0135. The first-order valence-electron chi connectivity index (χ1n) is 10.2. The number of sulfonamides is 1. The third-order valence-corrected chi connectivity index (χ3v) is 7.08. The van der Waals surface area contributed by atoms with Crippen molar-refractivity contribution >= 4 is 21.6 Å². The Kier molecular flexibility index (Phi) is 5.95. The zero-order valence-electron chi connectivity index (χ0n) is 17.1. The van der Waals surface area contributed by atoms with E-state index in [9.17, 15) is 13.2 Å². The third-order valence-electron chi connectivity index (χ3n) is 5.29. The second-order valence-corrected chi connectivity index (χ2v) is 9.17. The van der Waals surface area contributed by atoms with Crippen LogP contribution in [0.5, 0.6) is 5.75 Å². The van der Waals surface area contributed by atoms with Crippen molar-refractivity contribution in [3.05, 3.63) is 90.5 Å². The molecule has 1 heterocycles. The van der Waals surface area contributed by atoms with E-state index in [1.165, 1.54) is 4.31 Å². The molecule has 4 rings (SSSR count). The number of hydrogen-bond donors (Lipinski definition) is 1. The van der Waals surface area contributed by atoms with Gasteiger partial charge in [-0.2, -0.15) is 0 Å². The number of anilines is 1. The summed E-state index contributed by atoms with van der Waals surface area (Å²) in [6.07, 6.45) is -0.267. The van der Waals surface area contributed by atoms with Gasteiger partial charge in [0.2, 0.25) is 0 Å². The van der Waals surface area contributed by atoms with Crippen LogP contribution in [0.4, 0.5) is 5.69 Å². The molecule has 6 nitrogen and oxygen atoms in total. The maximum Gasteiger partial charge on any atom is 0.264 e. The molecule has 3 aromatic carbocycles. The fourth-order valence-electron chi connectivity index (χ4n) is 3.66. The van der Waals surface area contributed by atoms with Gasteiger partial charge in [-0.1, -0.05) is 67.6 Å². The van der Waals surface area contributed by atoms with Crippen molar-refractivity contribution in [3.8, 4) is 5.75 Å². The third kappa shape index (κ3) is 4.27.